The first-order valence-electron chi connectivity index (χ1n) is 11.6. The molecule has 1 aromatic rings. The molecule has 0 saturated heterocycles. The summed E-state index contributed by atoms with van der Waals surface area (Å²) in [5, 5.41) is 3.75. The summed E-state index contributed by atoms with van der Waals surface area (Å²) in [7, 11) is 0. The van der Waals surface area contributed by atoms with Crippen molar-refractivity contribution >= 4 is 23.3 Å². The number of halogens is 4. The van der Waals surface area contributed by atoms with Gasteiger partial charge in [0.1, 0.15) is 12.4 Å². The lowest BCUT2D eigenvalue weighted by Crippen LogP contribution is -2.57. The zero-order valence-corrected chi connectivity index (χ0v) is 19.6. The average Bonchev–Trinajstić information content (AvgIpc) is 2.75. The molecule has 6 nitrogen and oxygen atoms in total. The van der Waals surface area contributed by atoms with E-state index >= 15 is 0 Å². The second kappa shape index (κ2) is 10.0. The molecule has 0 aliphatic heterocycles. The van der Waals surface area contributed by atoms with Crippen LogP contribution in [0.4, 0.5) is 13.2 Å². The van der Waals surface area contributed by atoms with E-state index in [-0.39, 0.29) is 54.8 Å². The summed E-state index contributed by atoms with van der Waals surface area (Å²) >= 11 is 5.85. The van der Waals surface area contributed by atoms with Crippen molar-refractivity contribution in [1.82, 2.24) is 5.32 Å². The summed E-state index contributed by atoms with van der Waals surface area (Å²) in [5.74, 6) is 0.395. The van der Waals surface area contributed by atoms with Gasteiger partial charge in [-0.2, -0.15) is 0 Å². The van der Waals surface area contributed by atoms with Crippen LogP contribution in [0.5, 0.6) is 5.75 Å². The molecule has 4 saturated carbocycles. The van der Waals surface area contributed by atoms with E-state index in [1.54, 1.807) is 24.3 Å². The van der Waals surface area contributed by atoms with Gasteiger partial charge >= 0.3 is 6.36 Å². The highest BCUT2D eigenvalue weighted by Gasteiger charge is 2.50. The Morgan fingerprint density at radius 2 is 1.59 bits per heavy atom. The summed E-state index contributed by atoms with van der Waals surface area (Å²) in [6.07, 6.45) is -0.168. The van der Waals surface area contributed by atoms with Crippen molar-refractivity contribution in [3.05, 3.63) is 29.3 Å². The number of carbonyl (C=O) groups is 2. The number of ketones is 1. The normalized spacial score (nSPS) is 30.5. The third-order valence-corrected chi connectivity index (χ3v) is 7.65. The number of amides is 1. The Hall–Kier alpha value is -1.84. The number of nitrogens with one attached hydrogen (secondary N) is 1. The molecule has 188 valence electrons. The van der Waals surface area contributed by atoms with Crippen molar-refractivity contribution in [1.29, 1.82) is 0 Å². The summed E-state index contributed by atoms with van der Waals surface area (Å²) in [4.78, 5) is 25.0. The minimum atomic E-state index is -4.63. The van der Waals surface area contributed by atoms with Crippen molar-refractivity contribution in [2.45, 2.75) is 81.9 Å². The lowest BCUT2D eigenvalue weighted by molar-refractivity contribution is -0.357. The van der Waals surface area contributed by atoms with Crippen molar-refractivity contribution in [2.24, 2.45) is 5.41 Å². The Labute approximate surface area is 201 Å². The number of hydrogen-bond acceptors (Lipinski definition) is 5. The van der Waals surface area contributed by atoms with Gasteiger partial charge in [-0.15, -0.1) is 13.2 Å². The zero-order valence-electron chi connectivity index (χ0n) is 18.8. The average molecular weight is 504 g/mol. The highest BCUT2D eigenvalue weighted by atomic mass is 35.5. The van der Waals surface area contributed by atoms with Gasteiger partial charge in [-0.25, -0.2) is 0 Å². The molecule has 0 heterocycles. The Kier molecular flexibility index (Phi) is 7.45. The van der Waals surface area contributed by atoms with E-state index in [1.165, 1.54) is 0 Å². The Bertz CT molecular complexity index is 861. The Morgan fingerprint density at radius 1 is 0.971 bits per heavy atom. The van der Waals surface area contributed by atoms with E-state index in [2.05, 4.69) is 10.1 Å². The van der Waals surface area contributed by atoms with E-state index in [0.717, 1.165) is 38.5 Å². The molecule has 0 radical (unpaired) electrons. The quantitative estimate of drug-likeness (QED) is 0.488. The van der Waals surface area contributed by atoms with Gasteiger partial charge in [0.2, 0.25) is 0 Å². The standard InChI is InChI=1S/C24H29ClF3NO5/c25-16-1-3-18(4-2-16)33-15-21(31)29-23-8-5-22(6-9-23,7-10-23)13-17(30)14-32-19-11-20(12-19)34-24(26,27)28/h1-4,19-20H,5-15H2,(H,29,31). The van der Waals surface area contributed by atoms with Crippen molar-refractivity contribution in [2.75, 3.05) is 13.2 Å². The molecule has 1 N–H and O–H groups in total. The fourth-order valence-electron chi connectivity index (χ4n) is 5.35. The van der Waals surface area contributed by atoms with Gasteiger partial charge in [0.25, 0.3) is 5.91 Å². The number of alkyl halides is 3. The van der Waals surface area contributed by atoms with E-state index in [4.69, 9.17) is 21.1 Å². The largest absolute Gasteiger partial charge is 0.522 e. The summed E-state index contributed by atoms with van der Waals surface area (Å²) in [6, 6.07) is 6.83. The first-order chi connectivity index (χ1) is 16.0. The lowest BCUT2D eigenvalue weighted by atomic mass is 9.56. The van der Waals surface area contributed by atoms with E-state index in [9.17, 15) is 22.8 Å². The number of benzene rings is 1. The highest BCUT2D eigenvalue weighted by molar-refractivity contribution is 6.30. The number of carbonyl (C=O) groups excluding carboxylic acids is 2. The van der Waals surface area contributed by atoms with Gasteiger partial charge in [-0.3, -0.25) is 14.3 Å². The number of hydrogen-bond donors (Lipinski definition) is 1. The highest BCUT2D eigenvalue weighted by Crippen LogP contribution is 2.54. The molecule has 5 rings (SSSR count). The lowest BCUT2D eigenvalue weighted by Gasteiger charge is -2.53. The van der Waals surface area contributed by atoms with Crippen LogP contribution in [0, 0.1) is 5.41 Å². The van der Waals surface area contributed by atoms with Crippen LogP contribution in [0.3, 0.4) is 0 Å². The van der Waals surface area contributed by atoms with Crippen molar-refractivity contribution < 1.29 is 37.0 Å². The molecule has 2 bridgehead atoms. The SMILES string of the molecule is O=C(COC1CC(OC(F)(F)F)C1)CC12CCC(NC(=O)COc3ccc(Cl)cc3)(CC1)CC2. The topological polar surface area (TPSA) is 73.9 Å². The van der Waals surface area contributed by atoms with Crippen molar-refractivity contribution in [3.63, 3.8) is 0 Å². The van der Waals surface area contributed by atoms with Gasteiger partial charge in [-0.1, -0.05) is 11.6 Å². The van der Waals surface area contributed by atoms with E-state index in [0.29, 0.717) is 17.2 Å². The van der Waals surface area contributed by atoms with Crippen LogP contribution in [0.15, 0.2) is 24.3 Å². The number of rotatable bonds is 10. The molecule has 4 aliphatic rings. The second-order valence-electron chi connectivity index (χ2n) is 9.88. The second-order valence-corrected chi connectivity index (χ2v) is 10.3. The molecule has 0 atom stereocenters. The molecule has 10 heteroatoms. The molecular weight excluding hydrogens is 475 g/mol. The van der Waals surface area contributed by atoms with Gasteiger partial charge in [0.05, 0.1) is 12.2 Å². The molecule has 0 aromatic heterocycles. The maximum Gasteiger partial charge on any atom is 0.522 e. The third-order valence-electron chi connectivity index (χ3n) is 7.39. The first-order valence-corrected chi connectivity index (χ1v) is 12.0. The number of Topliss-reactive ketones (excluding diaryl/α,β-unsaturated/α-hetero) is 1. The third kappa shape index (κ3) is 6.64. The molecule has 1 aromatic carbocycles. The summed E-state index contributed by atoms with van der Waals surface area (Å²) in [6.45, 7) is -0.143. The van der Waals surface area contributed by atoms with Gasteiger partial charge in [0.15, 0.2) is 12.4 Å². The van der Waals surface area contributed by atoms with E-state index < -0.39 is 12.5 Å². The number of fused-ring (bicyclic) bond motifs is 3. The van der Waals surface area contributed by atoms with Crippen LogP contribution in [0.25, 0.3) is 0 Å². The smallest absolute Gasteiger partial charge is 0.484 e. The molecule has 0 unspecified atom stereocenters. The maximum absolute atomic E-state index is 12.5. The molecule has 34 heavy (non-hydrogen) atoms. The van der Waals surface area contributed by atoms with Crippen molar-refractivity contribution in [3.8, 4) is 5.75 Å². The first kappa shape index (κ1) is 25.3. The van der Waals surface area contributed by atoms with Gasteiger partial charge < -0.3 is 14.8 Å². The Balaban J connectivity index is 1.15. The predicted octanol–water partition coefficient (Wildman–Crippen LogP) is 4.97. The minimum absolute atomic E-state index is 0.0185. The molecule has 4 fully saturated rings. The van der Waals surface area contributed by atoms with Gasteiger partial charge in [0, 0.05) is 29.8 Å². The summed E-state index contributed by atoms with van der Waals surface area (Å²) in [5.41, 5.74) is -0.324. The van der Waals surface area contributed by atoms with Crippen LogP contribution in [-0.2, 0) is 19.1 Å². The van der Waals surface area contributed by atoms with Gasteiger partial charge in [-0.05, 0) is 68.2 Å². The van der Waals surface area contributed by atoms with E-state index in [1.807, 2.05) is 0 Å². The predicted molar refractivity (Wildman–Crippen MR) is 117 cm³/mol. The fraction of sp³-hybridized carbons (Fsp3) is 0.667. The minimum Gasteiger partial charge on any atom is -0.484 e. The van der Waals surface area contributed by atoms with Crippen LogP contribution >= 0.6 is 11.6 Å². The van der Waals surface area contributed by atoms with Crippen LogP contribution in [0.2, 0.25) is 5.02 Å². The van der Waals surface area contributed by atoms with Crippen LogP contribution in [0.1, 0.15) is 57.8 Å². The fourth-order valence-corrected chi connectivity index (χ4v) is 5.47. The molecular formula is C24H29ClF3NO5. The monoisotopic (exact) mass is 503 g/mol. The number of ether oxygens (including phenoxy) is 3. The molecule has 4 aliphatic carbocycles. The molecule has 1 amide bonds. The van der Waals surface area contributed by atoms with Crippen LogP contribution < -0.4 is 10.1 Å². The summed E-state index contributed by atoms with van der Waals surface area (Å²) < 4.78 is 51.5. The zero-order chi connectivity index (χ0) is 24.4. The molecule has 0 spiro atoms. The van der Waals surface area contributed by atoms with Crippen LogP contribution in [-0.4, -0.2) is 49.0 Å². The Morgan fingerprint density at radius 3 is 2.18 bits per heavy atom. The maximum atomic E-state index is 12.5.